The minimum absolute atomic E-state index is 0.0462. The molecule has 0 bridgehead atoms. The van der Waals surface area contributed by atoms with Crippen LogP contribution in [-0.4, -0.2) is 51.0 Å². The number of carboxylic acid groups (broad SMARTS) is 1. The first kappa shape index (κ1) is 20.4. The Hall–Kier alpha value is -2.87. The molecule has 0 radical (unpaired) electrons. The number of piperidine rings is 1. The maximum absolute atomic E-state index is 13.0. The molecule has 3 heterocycles. The standard InChI is InChI=1S/C21H24ClN5O3/c1-12(2)27-11-16-17(19(27)28)24-21(26-9-7-13(8-10-26)20(29)30)25-18(16)23-15-5-3-14(22)4-6-15/h3-6,12-13H,7-11H2,1-2H3,(H,29,30)(H,23,24,25). The number of carbonyl (C=O) groups excluding carboxylic acids is 1. The number of aromatic nitrogens is 2. The minimum Gasteiger partial charge on any atom is -0.481 e. The first-order valence-corrected chi connectivity index (χ1v) is 10.4. The van der Waals surface area contributed by atoms with E-state index in [-0.39, 0.29) is 17.9 Å². The summed E-state index contributed by atoms with van der Waals surface area (Å²) in [5, 5.41) is 13.2. The van der Waals surface area contributed by atoms with Crippen molar-refractivity contribution in [1.29, 1.82) is 0 Å². The molecule has 30 heavy (non-hydrogen) atoms. The van der Waals surface area contributed by atoms with Crippen molar-refractivity contribution in [3.8, 4) is 0 Å². The van der Waals surface area contributed by atoms with Gasteiger partial charge in [0.2, 0.25) is 5.95 Å². The van der Waals surface area contributed by atoms with Gasteiger partial charge in [-0.05, 0) is 51.0 Å². The van der Waals surface area contributed by atoms with Crippen LogP contribution in [0.25, 0.3) is 0 Å². The molecule has 0 spiro atoms. The Morgan fingerprint density at radius 3 is 2.47 bits per heavy atom. The molecule has 1 aromatic heterocycles. The number of carbonyl (C=O) groups is 2. The number of rotatable bonds is 5. The zero-order valence-electron chi connectivity index (χ0n) is 16.9. The molecule has 1 amide bonds. The highest BCUT2D eigenvalue weighted by molar-refractivity contribution is 6.30. The van der Waals surface area contributed by atoms with Crippen molar-refractivity contribution >= 4 is 40.9 Å². The number of aliphatic carboxylic acids is 1. The molecular weight excluding hydrogens is 406 g/mol. The molecule has 0 atom stereocenters. The first-order chi connectivity index (χ1) is 14.3. The van der Waals surface area contributed by atoms with Crippen LogP contribution in [0, 0.1) is 5.92 Å². The van der Waals surface area contributed by atoms with E-state index in [9.17, 15) is 14.7 Å². The van der Waals surface area contributed by atoms with Crippen LogP contribution < -0.4 is 10.2 Å². The largest absolute Gasteiger partial charge is 0.481 e. The van der Waals surface area contributed by atoms with E-state index in [0.29, 0.717) is 55.0 Å². The Morgan fingerprint density at radius 1 is 1.20 bits per heavy atom. The molecule has 158 valence electrons. The van der Waals surface area contributed by atoms with E-state index in [1.165, 1.54) is 0 Å². The second kappa shape index (κ2) is 8.10. The monoisotopic (exact) mass is 429 g/mol. The van der Waals surface area contributed by atoms with Gasteiger partial charge in [-0.1, -0.05) is 11.6 Å². The molecular formula is C21H24ClN5O3. The molecule has 2 aromatic rings. The highest BCUT2D eigenvalue weighted by Gasteiger charge is 2.35. The van der Waals surface area contributed by atoms with Gasteiger partial charge in [0, 0.05) is 35.4 Å². The number of hydrogen-bond acceptors (Lipinski definition) is 6. The van der Waals surface area contributed by atoms with Gasteiger partial charge in [0.1, 0.15) is 11.5 Å². The quantitative estimate of drug-likeness (QED) is 0.749. The Kier molecular flexibility index (Phi) is 5.51. The van der Waals surface area contributed by atoms with Gasteiger partial charge in [-0.3, -0.25) is 9.59 Å². The summed E-state index contributed by atoms with van der Waals surface area (Å²) in [6.45, 7) is 5.47. The average Bonchev–Trinajstić information content (AvgIpc) is 3.07. The van der Waals surface area contributed by atoms with Crippen molar-refractivity contribution in [2.45, 2.75) is 39.3 Å². The lowest BCUT2D eigenvalue weighted by molar-refractivity contribution is -0.142. The average molecular weight is 430 g/mol. The smallest absolute Gasteiger partial charge is 0.306 e. The molecule has 8 nitrogen and oxygen atoms in total. The number of hydrogen-bond donors (Lipinski definition) is 2. The van der Waals surface area contributed by atoms with E-state index >= 15 is 0 Å². The second-order valence-corrected chi connectivity index (χ2v) is 8.39. The van der Waals surface area contributed by atoms with Crippen molar-refractivity contribution in [1.82, 2.24) is 14.9 Å². The number of carboxylic acids is 1. The zero-order valence-corrected chi connectivity index (χ0v) is 17.7. The second-order valence-electron chi connectivity index (χ2n) is 7.96. The van der Waals surface area contributed by atoms with Crippen LogP contribution in [-0.2, 0) is 11.3 Å². The number of nitrogens with one attached hydrogen (secondary N) is 1. The Balaban J connectivity index is 1.68. The van der Waals surface area contributed by atoms with Gasteiger partial charge in [-0.25, -0.2) is 4.98 Å². The number of amides is 1. The number of benzene rings is 1. The molecule has 1 saturated heterocycles. The minimum atomic E-state index is -0.766. The highest BCUT2D eigenvalue weighted by Crippen LogP contribution is 2.33. The number of anilines is 3. The van der Waals surface area contributed by atoms with Crippen molar-refractivity contribution < 1.29 is 14.7 Å². The molecule has 4 rings (SSSR count). The summed E-state index contributed by atoms with van der Waals surface area (Å²) >= 11 is 5.99. The lowest BCUT2D eigenvalue weighted by atomic mass is 9.97. The SMILES string of the molecule is CC(C)N1Cc2c(Nc3ccc(Cl)cc3)nc(N3CCC(C(=O)O)CC3)nc2C1=O. The Bertz CT molecular complexity index is 971. The predicted molar refractivity (Wildman–Crippen MR) is 114 cm³/mol. The summed E-state index contributed by atoms with van der Waals surface area (Å²) in [6, 6.07) is 7.32. The summed E-state index contributed by atoms with van der Waals surface area (Å²) < 4.78 is 0. The Labute approximate surface area is 179 Å². The van der Waals surface area contributed by atoms with Crippen LogP contribution in [0.3, 0.4) is 0 Å². The summed E-state index contributed by atoms with van der Waals surface area (Å²) in [4.78, 5) is 37.3. The topological polar surface area (TPSA) is 98.7 Å². The van der Waals surface area contributed by atoms with E-state index in [1.54, 1.807) is 17.0 Å². The zero-order chi connectivity index (χ0) is 21.4. The summed E-state index contributed by atoms with van der Waals surface area (Å²) in [6.07, 6.45) is 1.06. The van der Waals surface area contributed by atoms with Gasteiger partial charge >= 0.3 is 5.97 Å². The van der Waals surface area contributed by atoms with Gasteiger partial charge in [0.05, 0.1) is 12.5 Å². The van der Waals surface area contributed by atoms with E-state index < -0.39 is 5.97 Å². The predicted octanol–water partition coefficient (Wildman–Crippen LogP) is 3.54. The molecule has 2 aliphatic rings. The lowest BCUT2D eigenvalue weighted by Gasteiger charge is -2.30. The number of nitrogens with zero attached hydrogens (tertiary/aromatic N) is 4. The van der Waals surface area contributed by atoms with E-state index in [4.69, 9.17) is 16.6 Å². The van der Waals surface area contributed by atoms with Crippen molar-refractivity contribution in [2.24, 2.45) is 5.92 Å². The van der Waals surface area contributed by atoms with Crippen LogP contribution in [0.2, 0.25) is 5.02 Å². The van der Waals surface area contributed by atoms with E-state index in [1.807, 2.05) is 30.9 Å². The fraction of sp³-hybridized carbons (Fsp3) is 0.429. The maximum atomic E-state index is 13.0. The molecule has 1 fully saturated rings. The molecule has 0 unspecified atom stereocenters. The third-order valence-electron chi connectivity index (χ3n) is 5.64. The van der Waals surface area contributed by atoms with E-state index in [0.717, 1.165) is 11.3 Å². The van der Waals surface area contributed by atoms with E-state index in [2.05, 4.69) is 10.3 Å². The van der Waals surface area contributed by atoms with Gasteiger partial charge in [-0.2, -0.15) is 4.98 Å². The lowest BCUT2D eigenvalue weighted by Crippen LogP contribution is -2.37. The fourth-order valence-corrected chi connectivity index (χ4v) is 3.96. The summed E-state index contributed by atoms with van der Waals surface area (Å²) in [5.74, 6) is -0.178. The molecule has 2 N–H and O–H groups in total. The third-order valence-corrected chi connectivity index (χ3v) is 5.90. The molecule has 1 aromatic carbocycles. The van der Waals surface area contributed by atoms with Gasteiger partial charge in [0.25, 0.3) is 5.91 Å². The summed E-state index contributed by atoms with van der Waals surface area (Å²) in [5.41, 5.74) is 1.99. The highest BCUT2D eigenvalue weighted by atomic mass is 35.5. The Morgan fingerprint density at radius 2 is 1.87 bits per heavy atom. The number of fused-ring (bicyclic) bond motifs is 1. The maximum Gasteiger partial charge on any atom is 0.306 e. The van der Waals surface area contributed by atoms with Gasteiger partial charge < -0.3 is 20.2 Å². The normalized spacial score (nSPS) is 16.9. The van der Waals surface area contributed by atoms with Crippen LogP contribution >= 0.6 is 11.6 Å². The van der Waals surface area contributed by atoms with Crippen LogP contribution in [0.15, 0.2) is 24.3 Å². The summed E-state index contributed by atoms with van der Waals surface area (Å²) in [7, 11) is 0. The van der Waals surface area contributed by atoms with Crippen LogP contribution in [0.5, 0.6) is 0 Å². The molecule has 2 aliphatic heterocycles. The van der Waals surface area contributed by atoms with Gasteiger partial charge in [-0.15, -0.1) is 0 Å². The molecule has 0 aliphatic carbocycles. The van der Waals surface area contributed by atoms with Crippen molar-refractivity contribution in [3.05, 3.63) is 40.5 Å². The van der Waals surface area contributed by atoms with Gasteiger partial charge in [0.15, 0.2) is 0 Å². The molecule has 9 heteroatoms. The third kappa shape index (κ3) is 3.92. The van der Waals surface area contributed by atoms with Crippen LogP contribution in [0.1, 0.15) is 42.7 Å². The van der Waals surface area contributed by atoms with Crippen molar-refractivity contribution in [3.63, 3.8) is 0 Å². The number of halogens is 1. The van der Waals surface area contributed by atoms with Crippen LogP contribution in [0.4, 0.5) is 17.5 Å². The fourth-order valence-electron chi connectivity index (χ4n) is 3.84. The molecule has 0 saturated carbocycles. The van der Waals surface area contributed by atoms with Crippen molar-refractivity contribution in [2.75, 3.05) is 23.3 Å². The first-order valence-electron chi connectivity index (χ1n) is 10.1.